The molecular formula is C31H65NO4PS+. The number of nitrogens with zero attached hydrogens (tertiary/aromatic N) is 1. The van der Waals surface area contributed by atoms with Gasteiger partial charge in [-0.1, -0.05) is 122 Å². The lowest BCUT2D eigenvalue weighted by molar-refractivity contribution is -0.870. The summed E-state index contributed by atoms with van der Waals surface area (Å²) in [6.45, 7) is 3.53. The van der Waals surface area contributed by atoms with E-state index in [1.807, 2.05) is 32.9 Å². The largest absolute Gasteiger partial charge is 0.472 e. The minimum atomic E-state index is -3.98. The Morgan fingerprint density at radius 1 is 0.816 bits per heavy atom. The van der Waals surface area contributed by atoms with Crippen molar-refractivity contribution in [2.45, 2.75) is 135 Å². The van der Waals surface area contributed by atoms with Gasteiger partial charge in [-0.2, -0.15) is 11.8 Å². The van der Waals surface area contributed by atoms with Crippen molar-refractivity contribution in [2.24, 2.45) is 11.8 Å². The number of quaternary nitrogens is 1. The van der Waals surface area contributed by atoms with Gasteiger partial charge in [0.25, 0.3) is 0 Å². The molecule has 0 radical (unpaired) electrons. The highest BCUT2D eigenvalue weighted by atomic mass is 32.2. The lowest BCUT2D eigenvalue weighted by atomic mass is 9.83. The molecule has 0 spiro atoms. The van der Waals surface area contributed by atoms with E-state index in [1.54, 1.807) is 0 Å². The van der Waals surface area contributed by atoms with E-state index in [4.69, 9.17) is 9.05 Å². The summed E-state index contributed by atoms with van der Waals surface area (Å²) < 4.78 is 23.9. The standard InChI is InChI=1S/C31H64NO4PS/c1-5-6-7-8-9-10-11-12-13-14-15-16-17-21-26-38-29-31(27-30-22-19-18-20-23-30)28-36-37(33,34)35-25-24-32(2,3)4/h30-31H,5-29H2,1-4H3/p+1. The highest BCUT2D eigenvalue weighted by molar-refractivity contribution is 7.99. The van der Waals surface area contributed by atoms with Crippen molar-refractivity contribution in [3.63, 3.8) is 0 Å². The summed E-state index contributed by atoms with van der Waals surface area (Å²) in [7, 11) is 2.15. The van der Waals surface area contributed by atoms with Crippen LogP contribution in [0.5, 0.6) is 0 Å². The van der Waals surface area contributed by atoms with Gasteiger partial charge in [0.1, 0.15) is 13.2 Å². The first-order chi connectivity index (χ1) is 18.2. The molecule has 0 saturated heterocycles. The van der Waals surface area contributed by atoms with Crippen LogP contribution in [0, 0.1) is 11.8 Å². The third kappa shape index (κ3) is 23.2. The minimum absolute atomic E-state index is 0.235. The zero-order valence-corrected chi connectivity index (χ0v) is 27.5. The van der Waals surface area contributed by atoms with E-state index in [2.05, 4.69) is 6.92 Å². The number of phosphoric acid groups is 1. The Morgan fingerprint density at radius 3 is 1.87 bits per heavy atom. The quantitative estimate of drug-likeness (QED) is 0.0629. The Hall–Kier alpha value is 0.420. The van der Waals surface area contributed by atoms with Crippen molar-refractivity contribution < 1.29 is 23.0 Å². The van der Waals surface area contributed by atoms with E-state index < -0.39 is 7.82 Å². The number of unbranched alkanes of at least 4 members (excludes halogenated alkanes) is 13. The number of rotatable bonds is 26. The molecule has 0 aromatic heterocycles. The average molecular weight is 579 g/mol. The molecule has 7 heteroatoms. The molecular weight excluding hydrogens is 513 g/mol. The third-order valence-electron chi connectivity index (χ3n) is 7.88. The number of phosphoric ester groups is 1. The Kier molecular flexibility index (Phi) is 22.1. The van der Waals surface area contributed by atoms with Gasteiger partial charge in [-0.15, -0.1) is 0 Å². The second-order valence-electron chi connectivity index (χ2n) is 12.9. The zero-order valence-electron chi connectivity index (χ0n) is 25.8. The summed E-state index contributed by atoms with van der Waals surface area (Å²) >= 11 is 2.01. The van der Waals surface area contributed by atoms with Crippen LogP contribution in [0.4, 0.5) is 0 Å². The highest BCUT2D eigenvalue weighted by Gasteiger charge is 2.26. The van der Waals surface area contributed by atoms with Crippen molar-refractivity contribution in [2.75, 3.05) is 52.4 Å². The van der Waals surface area contributed by atoms with Gasteiger partial charge in [-0.3, -0.25) is 9.05 Å². The molecule has 0 aliphatic heterocycles. The van der Waals surface area contributed by atoms with Crippen LogP contribution < -0.4 is 0 Å². The number of hydrogen-bond acceptors (Lipinski definition) is 4. The monoisotopic (exact) mass is 578 g/mol. The van der Waals surface area contributed by atoms with Gasteiger partial charge in [0.15, 0.2) is 0 Å². The Labute approximate surface area is 241 Å². The molecule has 1 aliphatic rings. The maximum absolute atomic E-state index is 12.4. The Bertz CT molecular complexity index is 581. The summed E-state index contributed by atoms with van der Waals surface area (Å²) in [6, 6.07) is 0. The van der Waals surface area contributed by atoms with E-state index >= 15 is 0 Å². The molecule has 1 saturated carbocycles. The fourth-order valence-electron chi connectivity index (χ4n) is 5.39. The first-order valence-electron chi connectivity index (χ1n) is 16.2. The number of likely N-dealkylation sites (N-methyl/N-ethyl adjacent to an activating group) is 1. The van der Waals surface area contributed by atoms with Gasteiger partial charge in [0, 0.05) is 0 Å². The van der Waals surface area contributed by atoms with Crippen LogP contribution >= 0.6 is 19.6 Å². The molecule has 1 rings (SSSR count). The normalized spacial score (nSPS) is 17.5. The van der Waals surface area contributed by atoms with Crippen LogP contribution in [0.1, 0.15) is 135 Å². The van der Waals surface area contributed by atoms with Crippen LogP contribution in [0.25, 0.3) is 0 Å². The van der Waals surface area contributed by atoms with E-state index in [0.29, 0.717) is 23.6 Å². The summed E-state index contributed by atoms with van der Waals surface area (Å²) in [5, 5.41) is 0. The number of hydrogen-bond donors (Lipinski definition) is 1. The van der Waals surface area contributed by atoms with E-state index in [-0.39, 0.29) is 6.61 Å². The van der Waals surface area contributed by atoms with Crippen molar-refractivity contribution in [1.29, 1.82) is 0 Å². The maximum Gasteiger partial charge on any atom is 0.472 e. The zero-order chi connectivity index (χ0) is 28.0. The summed E-state index contributed by atoms with van der Waals surface area (Å²) in [4.78, 5) is 10.2. The minimum Gasteiger partial charge on any atom is -0.329 e. The Morgan fingerprint density at radius 2 is 1.34 bits per heavy atom. The van der Waals surface area contributed by atoms with Crippen LogP contribution in [-0.4, -0.2) is 61.8 Å². The lowest BCUT2D eigenvalue weighted by Gasteiger charge is -2.27. The van der Waals surface area contributed by atoms with Crippen molar-refractivity contribution >= 4 is 19.6 Å². The van der Waals surface area contributed by atoms with Crippen molar-refractivity contribution in [3.8, 4) is 0 Å². The summed E-state index contributed by atoms with van der Waals surface area (Å²) in [6.07, 6.45) is 27.3. The second-order valence-corrected chi connectivity index (χ2v) is 15.5. The van der Waals surface area contributed by atoms with Crippen molar-refractivity contribution in [3.05, 3.63) is 0 Å². The van der Waals surface area contributed by atoms with Gasteiger partial charge in [-0.05, 0) is 36.2 Å². The van der Waals surface area contributed by atoms with E-state index in [0.717, 1.165) is 18.1 Å². The Balaban J connectivity index is 2.14. The lowest BCUT2D eigenvalue weighted by Crippen LogP contribution is -2.37. The molecule has 0 aromatic carbocycles. The predicted molar refractivity (Wildman–Crippen MR) is 167 cm³/mol. The third-order valence-corrected chi connectivity index (χ3v) is 10.1. The summed E-state index contributed by atoms with van der Waals surface area (Å²) in [5.41, 5.74) is 0. The van der Waals surface area contributed by atoms with E-state index in [1.165, 1.54) is 128 Å². The molecule has 2 unspecified atom stereocenters. The van der Waals surface area contributed by atoms with Crippen LogP contribution in [0.15, 0.2) is 0 Å². The van der Waals surface area contributed by atoms with Gasteiger partial charge >= 0.3 is 7.82 Å². The van der Waals surface area contributed by atoms with E-state index in [9.17, 15) is 9.46 Å². The molecule has 2 atom stereocenters. The average Bonchev–Trinajstić information content (AvgIpc) is 2.86. The van der Waals surface area contributed by atoms with Gasteiger partial charge < -0.3 is 9.38 Å². The van der Waals surface area contributed by atoms with Crippen LogP contribution in [-0.2, 0) is 13.6 Å². The molecule has 0 bridgehead atoms. The van der Waals surface area contributed by atoms with Gasteiger partial charge in [0.05, 0.1) is 27.7 Å². The fourth-order valence-corrected chi connectivity index (χ4v) is 7.32. The molecule has 0 amide bonds. The predicted octanol–water partition coefficient (Wildman–Crippen LogP) is 9.63. The summed E-state index contributed by atoms with van der Waals surface area (Å²) in [5.74, 6) is 3.29. The molecule has 38 heavy (non-hydrogen) atoms. The van der Waals surface area contributed by atoms with Gasteiger partial charge in [-0.25, -0.2) is 4.57 Å². The highest BCUT2D eigenvalue weighted by Crippen LogP contribution is 2.44. The van der Waals surface area contributed by atoms with Gasteiger partial charge in [0.2, 0.25) is 0 Å². The van der Waals surface area contributed by atoms with Crippen LogP contribution in [0.2, 0.25) is 0 Å². The fraction of sp³-hybridized carbons (Fsp3) is 1.00. The molecule has 5 nitrogen and oxygen atoms in total. The molecule has 0 aromatic rings. The number of thioether (sulfide) groups is 1. The first kappa shape index (κ1) is 36.4. The SMILES string of the molecule is CCCCCCCCCCCCCCCCSCC(COP(=O)(O)OCC[N+](C)(C)C)CC1CCCCC1. The van der Waals surface area contributed by atoms with Crippen LogP contribution in [0.3, 0.4) is 0 Å². The molecule has 1 N–H and O–H groups in total. The molecule has 1 aliphatic carbocycles. The molecule has 0 heterocycles. The second kappa shape index (κ2) is 23.0. The van der Waals surface area contributed by atoms with Crippen molar-refractivity contribution in [1.82, 2.24) is 0 Å². The topological polar surface area (TPSA) is 55.8 Å². The first-order valence-corrected chi connectivity index (χ1v) is 18.9. The maximum atomic E-state index is 12.4. The molecule has 1 fully saturated rings. The smallest absolute Gasteiger partial charge is 0.329 e. The molecule has 228 valence electrons.